The van der Waals surface area contributed by atoms with Gasteiger partial charge in [0.25, 0.3) is 0 Å². The molecular weight excluding hydrogens is 246 g/mol. The highest BCUT2D eigenvalue weighted by atomic mass is 16.6. The minimum absolute atomic E-state index is 0.375. The van der Waals surface area contributed by atoms with Gasteiger partial charge in [0, 0.05) is 0 Å². The van der Waals surface area contributed by atoms with Crippen molar-refractivity contribution in [2.75, 3.05) is 0 Å². The Bertz CT molecular complexity index is 370. The summed E-state index contributed by atoms with van der Waals surface area (Å²) in [5.74, 6) is 0. The van der Waals surface area contributed by atoms with E-state index in [-0.39, 0.29) is 6.04 Å². The molecule has 1 saturated heterocycles. The molecule has 5 heteroatoms. The molecule has 0 N–H and O–H groups in total. The van der Waals surface area contributed by atoms with E-state index in [0.717, 1.165) is 6.29 Å². The molecule has 0 aromatic carbocycles. The average Bonchev–Trinajstić information content (AvgIpc) is 2.47. The number of hydrogen-bond acceptors (Lipinski definition) is 4. The Balaban J connectivity index is 3.01. The number of ether oxygens (including phenoxy) is 2. The third kappa shape index (κ3) is 3.56. The smallest absolute Gasteiger partial charge is 0.412 e. The zero-order valence-corrected chi connectivity index (χ0v) is 12.3. The lowest BCUT2D eigenvalue weighted by atomic mass is 10.1. The Hall–Kier alpha value is -1.36. The van der Waals surface area contributed by atoms with E-state index in [1.807, 2.05) is 0 Å². The summed E-state index contributed by atoms with van der Waals surface area (Å²) < 4.78 is 11.0. The number of rotatable bonds is 3. The summed E-state index contributed by atoms with van der Waals surface area (Å²) in [5.41, 5.74) is -1.47. The van der Waals surface area contributed by atoms with E-state index < -0.39 is 23.5 Å². The van der Waals surface area contributed by atoms with Gasteiger partial charge in [0.15, 0.2) is 6.29 Å². The quantitative estimate of drug-likeness (QED) is 0.583. The molecule has 1 rings (SSSR count). The highest BCUT2D eigenvalue weighted by Gasteiger charge is 2.50. The number of amides is 1. The van der Waals surface area contributed by atoms with Crippen LogP contribution in [0.4, 0.5) is 4.79 Å². The molecule has 5 nitrogen and oxygen atoms in total. The van der Waals surface area contributed by atoms with Crippen LogP contribution < -0.4 is 0 Å². The third-order valence-electron chi connectivity index (χ3n) is 2.85. The molecule has 2 atom stereocenters. The Morgan fingerprint density at radius 3 is 2.47 bits per heavy atom. The molecule has 0 radical (unpaired) electrons. The van der Waals surface area contributed by atoms with Crippen LogP contribution in [-0.4, -0.2) is 40.8 Å². The Kier molecular flexibility index (Phi) is 4.40. The second kappa shape index (κ2) is 5.33. The Labute approximate surface area is 114 Å². The number of nitrogens with zero attached hydrogens (tertiary/aromatic N) is 1. The topological polar surface area (TPSA) is 55.8 Å². The maximum Gasteiger partial charge on any atom is 0.412 e. The number of aldehydes is 1. The Morgan fingerprint density at radius 2 is 2.05 bits per heavy atom. The first-order chi connectivity index (χ1) is 8.62. The Morgan fingerprint density at radius 1 is 1.47 bits per heavy atom. The zero-order chi connectivity index (χ0) is 14.8. The predicted molar refractivity (Wildman–Crippen MR) is 71.7 cm³/mol. The lowest BCUT2D eigenvalue weighted by Gasteiger charge is -2.34. The molecule has 1 aliphatic heterocycles. The van der Waals surface area contributed by atoms with Crippen molar-refractivity contribution in [1.82, 2.24) is 4.90 Å². The van der Waals surface area contributed by atoms with Crippen molar-refractivity contribution in [3.05, 3.63) is 12.7 Å². The van der Waals surface area contributed by atoms with Gasteiger partial charge in [0.2, 0.25) is 0 Å². The first-order valence-corrected chi connectivity index (χ1v) is 6.38. The van der Waals surface area contributed by atoms with Gasteiger partial charge >= 0.3 is 6.09 Å². The van der Waals surface area contributed by atoms with Crippen molar-refractivity contribution >= 4 is 12.4 Å². The van der Waals surface area contributed by atoms with Gasteiger partial charge in [-0.15, -0.1) is 6.58 Å². The molecule has 0 bridgehead atoms. The summed E-state index contributed by atoms with van der Waals surface area (Å²) in [6.45, 7) is 12.6. The minimum atomic E-state index is -0.873. The van der Waals surface area contributed by atoms with Gasteiger partial charge in [-0.05, 0) is 41.0 Å². The van der Waals surface area contributed by atoms with E-state index in [4.69, 9.17) is 9.47 Å². The van der Waals surface area contributed by atoms with Gasteiger partial charge < -0.3 is 14.3 Å². The first kappa shape index (κ1) is 15.7. The van der Waals surface area contributed by atoms with E-state index in [2.05, 4.69) is 6.58 Å². The minimum Gasteiger partial charge on any atom is -0.444 e. The van der Waals surface area contributed by atoms with Gasteiger partial charge in [-0.2, -0.15) is 0 Å². The van der Waals surface area contributed by atoms with Crippen LogP contribution in [0.5, 0.6) is 0 Å². The lowest BCUT2D eigenvalue weighted by molar-refractivity contribution is -0.124. The number of carbonyl (C=O) groups is 2. The summed E-state index contributed by atoms with van der Waals surface area (Å²) in [5, 5.41) is 0. The van der Waals surface area contributed by atoms with Crippen molar-refractivity contribution in [1.29, 1.82) is 0 Å². The lowest BCUT2D eigenvalue weighted by Crippen LogP contribution is -2.50. The molecule has 108 valence electrons. The molecule has 0 unspecified atom stereocenters. The molecule has 0 aromatic rings. The van der Waals surface area contributed by atoms with Crippen LogP contribution in [0, 0.1) is 0 Å². The van der Waals surface area contributed by atoms with Gasteiger partial charge in [-0.25, -0.2) is 4.79 Å². The van der Waals surface area contributed by atoms with Crippen molar-refractivity contribution in [2.24, 2.45) is 0 Å². The molecule has 1 heterocycles. The predicted octanol–water partition coefficient (Wildman–Crippen LogP) is 2.50. The van der Waals surface area contributed by atoms with Crippen LogP contribution in [0.1, 0.15) is 41.0 Å². The number of hydrogen-bond donors (Lipinski definition) is 0. The van der Waals surface area contributed by atoms with Gasteiger partial charge in [0.05, 0.1) is 6.04 Å². The van der Waals surface area contributed by atoms with Crippen molar-refractivity contribution in [2.45, 2.75) is 64.5 Å². The molecular formula is C14H23NO4. The first-order valence-electron chi connectivity index (χ1n) is 6.38. The van der Waals surface area contributed by atoms with Crippen LogP contribution >= 0.6 is 0 Å². The monoisotopic (exact) mass is 269 g/mol. The van der Waals surface area contributed by atoms with E-state index in [0.29, 0.717) is 6.42 Å². The van der Waals surface area contributed by atoms with Crippen LogP contribution in [0.15, 0.2) is 12.7 Å². The maximum atomic E-state index is 12.3. The van der Waals surface area contributed by atoms with Gasteiger partial charge in [-0.3, -0.25) is 4.90 Å². The summed E-state index contributed by atoms with van der Waals surface area (Å²) in [6, 6.07) is -0.375. The molecule has 1 aliphatic rings. The van der Waals surface area contributed by atoms with E-state index in [1.54, 1.807) is 40.7 Å². The van der Waals surface area contributed by atoms with Crippen LogP contribution in [0.25, 0.3) is 0 Å². The second-order valence-electron chi connectivity index (χ2n) is 6.11. The van der Waals surface area contributed by atoms with Gasteiger partial charge in [-0.1, -0.05) is 6.08 Å². The molecule has 0 aromatic heterocycles. The molecule has 1 fully saturated rings. The van der Waals surface area contributed by atoms with E-state index >= 15 is 0 Å². The third-order valence-corrected chi connectivity index (χ3v) is 2.85. The largest absolute Gasteiger partial charge is 0.444 e. The molecule has 1 amide bonds. The number of carbonyl (C=O) groups excluding carboxylic acids is 2. The van der Waals surface area contributed by atoms with Crippen LogP contribution in [0.2, 0.25) is 0 Å². The van der Waals surface area contributed by atoms with Gasteiger partial charge in [0.1, 0.15) is 17.4 Å². The van der Waals surface area contributed by atoms with Crippen molar-refractivity contribution in [3.8, 4) is 0 Å². The highest BCUT2D eigenvalue weighted by Crippen LogP contribution is 2.34. The summed E-state index contributed by atoms with van der Waals surface area (Å²) >= 11 is 0. The summed E-state index contributed by atoms with van der Waals surface area (Å²) in [4.78, 5) is 24.9. The standard InChI is InChI=1S/C14H23NO4/c1-7-8-10-11(9-16)18-14(5,6)15(10)12(17)19-13(2,3)4/h7,9-11H,1,8H2,2-6H3/t10-,11+/m1/s1. The maximum absolute atomic E-state index is 12.3. The molecule has 0 spiro atoms. The fourth-order valence-electron chi connectivity index (χ4n) is 2.21. The van der Waals surface area contributed by atoms with Crippen molar-refractivity contribution < 1.29 is 19.1 Å². The molecule has 19 heavy (non-hydrogen) atoms. The van der Waals surface area contributed by atoms with Crippen LogP contribution in [0.3, 0.4) is 0 Å². The fraction of sp³-hybridized carbons (Fsp3) is 0.714. The molecule has 0 aliphatic carbocycles. The van der Waals surface area contributed by atoms with E-state index in [1.165, 1.54) is 4.90 Å². The fourth-order valence-corrected chi connectivity index (χ4v) is 2.21. The average molecular weight is 269 g/mol. The van der Waals surface area contributed by atoms with Crippen LogP contribution in [-0.2, 0) is 14.3 Å². The molecule has 0 saturated carbocycles. The summed E-state index contributed by atoms with van der Waals surface area (Å²) in [7, 11) is 0. The van der Waals surface area contributed by atoms with Crippen molar-refractivity contribution in [3.63, 3.8) is 0 Å². The zero-order valence-electron chi connectivity index (χ0n) is 12.3. The summed E-state index contributed by atoms with van der Waals surface area (Å²) in [6.07, 6.45) is 1.74. The highest BCUT2D eigenvalue weighted by molar-refractivity contribution is 5.72. The SMILES string of the molecule is C=CC[C@@H]1[C@H](C=O)OC(C)(C)N1C(=O)OC(C)(C)C. The normalized spacial score (nSPS) is 26.1. The van der Waals surface area contributed by atoms with E-state index in [9.17, 15) is 9.59 Å². The second-order valence-corrected chi connectivity index (χ2v) is 6.11.